The Labute approximate surface area is 123 Å². The van der Waals surface area contributed by atoms with E-state index in [2.05, 4.69) is 0 Å². The Kier molecular flexibility index (Phi) is 5.59. The lowest BCUT2D eigenvalue weighted by Crippen LogP contribution is -2.31. The van der Waals surface area contributed by atoms with Crippen molar-refractivity contribution in [1.82, 2.24) is 4.31 Å². The summed E-state index contributed by atoms with van der Waals surface area (Å²) in [7, 11) is -1.85. The van der Waals surface area contributed by atoms with Crippen molar-refractivity contribution in [3.63, 3.8) is 0 Å². The summed E-state index contributed by atoms with van der Waals surface area (Å²) in [6.45, 7) is 8.43. The summed E-state index contributed by atoms with van der Waals surface area (Å²) < 4.78 is 26.9. The number of hydrogen-bond acceptors (Lipinski definition) is 3. The largest absolute Gasteiger partial charge is 0.398 e. The normalized spacial score (nSPS) is 12.3. The maximum atomic E-state index is 12.7. The van der Waals surface area contributed by atoms with Gasteiger partial charge in [0.15, 0.2) is 0 Å². The van der Waals surface area contributed by atoms with E-state index in [-0.39, 0.29) is 5.92 Å². The molecule has 2 N–H and O–H groups in total. The summed E-state index contributed by atoms with van der Waals surface area (Å²) in [6, 6.07) is 3.64. The topological polar surface area (TPSA) is 63.4 Å². The molecule has 0 saturated heterocycles. The molecule has 20 heavy (non-hydrogen) atoms. The van der Waals surface area contributed by atoms with Gasteiger partial charge in [0.05, 0.1) is 4.90 Å². The summed E-state index contributed by atoms with van der Waals surface area (Å²) in [6.07, 6.45) is 1.38. The Hall–Kier alpha value is -1.07. The third kappa shape index (κ3) is 3.52. The number of anilines is 1. The highest BCUT2D eigenvalue weighted by atomic mass is 32.2. The minimum atomic E-state index is -3.48. The van der Waals surface area contributed by atoms with Crippen molar-refractivity contribution < 1.29 is 8.42 Å². The highest BCUT2D eigenvalue weighted by Gasteiger charge is 2.25. The molecule has 0 bridgehead atoms. The Morgan fingerprint density at radius 1 is 1.20 bits per heavy atom. The molecule has 1 aromatic carbocycles. The van der Waals surface area contributed by atoms with Crippen molar-refractivity contribution >= 4 is 15.7 Å². The molecule has 0 radical (unpaired) electrons. The maximum absolute atomic E-state index is 12.7. The van der Waals surface area contributed by atoms with E-state index in [4.69, 9.17) is 5.73 Å². The highest BCUT2D eigenvalue weighted by molar-refractivity contribution is 7.89. The number of aryl methyl sites for hydroxylation is 1. The second-order valence-electron chi connectivity index (χ2n) is 5.55. The summed E-state index contributed by atoms with van der Waals surface area (Å²) in [5.41, 5.74) is 8.27. The van der Waals surface area contributed by atoms with Gasteiger partial charge >= 0.3 is 0 Å². The van der Waals surface area contributed by atoms with Gasteiger partial charge in [0, 0.05) is 19.3 Å². The van der Waals surface area contributed by atoms with Gasteiger partial charge in [0.2, 0.25) is 10.0 Å². The van der Waals surface area contributed by atoms with Gasteiger partial charge in [-0.25, -0.2) is 12.7 Å². The van der Waals surface area contributed by atoms with Crippen molar-refractivity contribution in [3.8, 4) is 0 Å². The monoisotopic (exact) mass is 298 g/mol. The van der Waals surface area contributed by atoms with Crippen LogP contribution < -0.4 is 5.73 Å². The molecule has 0 atom stereocenters. The van der Waals surface area contributed by atoms with Gasteiger partial charge in [-0.15, -0.1) is 0 Å². The van der Waals surface area contributed by atoms with Crippen molar-refractivity contribution in [3.05, 3.63) is 23.3 Å². The predicted octanol–water partition coefficient (Wildman–Crippen LogP) is 2.67. The van der Waals surface area contributed by atoms with E-state index in [9.17, 15) is 8.42 Å². The predicted molar refractivity (Wildman–Crippen MR) is 84.3 cm³/mol. The fourth-order valence-corrected chi connectivity index (χ4v) is 4.02. The van der Waals surface area contributed by atoms with Gasteiger partial charge in [0.1, 0.15) is 0 Å². The smallest absolute Gasteiger partial charge is 0.243 e. The lowest BCUT2D eigenvalue weighted by Gasteiger charge is -2.22. The van der Waals surface area contributed by atoms with Crippen LogP contribution in [0.1, 0.15) is 38.8 Å². The van der Waals surface area contributed by atoms with Crippen molar-refractivity contribution in [2.24, 2.45) is 5.92 Å². The van der Waals surface area contributed by atoms with Gasteiger partial charge in [0.25, 0.3) is 0 Å². The van der Waals surface area contributed by atoms with Crippen LogP contribution in [-0.2, 0) is 22.9 Å². The van der Waals surface area contributed by atoms with E-state index in [1.807, 2.05) is 33.8 Å². The van der Waals surface area contributed by atoms with Gasteiger partial charge in [-0.05, 0) is 42.0 Å². The molecule has 1 rings (SSSR count). The summed E-state index contributed by atoms with van der Waals surface area (Å²) in [5.74, 6) is 0.284. The summed E-state index contributed by atoms with van der Waals surface area (Å²) in [4.78, 5) is 0.361. The van der Waals surface area contributed by atoms with Crippen LogP contribution in [0.5, 0.6) is 0 Å². The lowest BCUT2D eigenvalue weighted by molar-refractivity contribution is 0.417. The van der Waals surface area contributed by atoms with Crippen LogP contribution in [0.3, 0.4) is 0 Å². The molecule has 0 aliphatic rings. The fraction of sp³-hybridized carbons (Fsp3) is 0.600. The first kappa shape index (κ1) is 17.0. The first-order chi connectivity index (χ1) is 9.23. The quantitative estimate of drug-likeness (QED) is 0.821. The number of nitrogen functional groups attached to an aromatic ring is 1. The van der Waals surface area contributed by atoms with Crippen molar-refractivity contribution in [2.45, 2.75) is 45.4 Å². The van der Waals surface area contributed by atoms with Gasteiger partial charge in [-0.1, -0.05) is 27.7 Å². The number of rotatable bonds is 6. The van der Waals surface area contributed by atoms with Crippen LogP contribution in [0, 0.1) is 5.92 Å². The molecule has 4 nitrogen and oxygen atoms in total. The van der Waals surface area contributed by atoms with E-state index >= 15 is 0 Å². The van der Waals surface area contributed by atoms with Crippen LogP contribution in [-0.4, -0.2) is 26.3 Å². The fourth-order valence-electron chi connectivity index (χ4n) is 2.32. The molecule has 0 aliphatic carbocycles. The second-order valence-corrected chi connectivity index (χ2v) is 7.56. The standard InChI is InChI=1S/C15H26N2O2S/c1-6-12-8-14(16)13(7-2)15(9-12)20(18,19)17(5)10-11(3)4/h8-9,11H,6-7,10,16H2,1-5H3. The molecule has 1 aromatic rings. The van der Waals surface area contributed by atoms with Crippen molar-refractivity contribution in [2.75, 3.05) is 19.3 Å². The molecule has 0 saturated carbocycles. The van der Waals surface area contributed by atoms with Crippen molar-refractivity contribution in [1.29, 1.82) is 0 Å². The Bertz CT molecular complexity index is 565. The first-order valence-electron chi connectivity index (χ1n) is 7.11. The van der Waals surface area contributed by atoms with E-state index in [0.29, 0.717) is 23.5 Å². The Balaban J connectivity index is 3.39. The highest BCUT2D eigenvalue weighted by Crippen LogP contribution is 2.27. The number of nitrogens with two attached hydrogens (primary N) is 1. The maximum Gasteiger partial charge on any atom is 0.243 e. The van der Waals surface area contributed by atoms with Gasteiger partial charge in [-0.3, -0.25) is 0 Å². The molecule has 0 spiro atoms. The summed E-state index contributed by atoms with van der Waals surface area (Å²) in [5, 5.41) is 0. The van der Waals surface area contributed by atoms with Crippen LogP contribution >= 0.6 is 0 Å². The molecule has 0 aliphatic heterocycles. The minimum Gasteiger partial charge on any atom is -0.398 e. The van der Waals surface area contributed by atoms with Gasteiger partial charge < -0.3 is 5.73 Å². The molecule has 0 amide bonds. The van der Waals surface area contributed by atoms with Crippen LogP contribution in [0.25, 0.3) is 0 Å². The molecule has 0 heterocycles. The zero-order valence-electron chi connectivity index (χ0n) is 13.1. The zero-order chi connectivity index (χ0) is 15.5. The third-order valence-electron chi connectivity index (χ3n) is 3.38. The molecule has 0 unspecified atom stereocenters. The van der Waals surface area contributed by atoms with Crippen LogP contribution in [0.15, 0.2) is 17.0 Å². The number of hydrogen-bond donors (Lipinski definition) is 1. The van der Waals surface area contributed by atoms with E-state index in [1.54, 1.807) is 13.1 Å². The average Bonchev–Trinajstić information content (AvgIpc) is 2.36. The second kappa shape index (κ2) is 6.59. The minimum absolute atomic E-state index is 0.284. The average molecular weight is 298 g/mol. The number of nitrogens with zero attached hydrogens (tertiary/aromatic N) is 1. The SMILES string of the molecule is CCc1cc(N)c(CC)c(S(=O)(=O)N(C)CC(C)C)c1. The van der Waals surface area contributed by atoms with E-state index < -0.39 is 10.0 Å². The molecule has 114 valence electrons. The molecular weight excluding hydrogens is 272 g/mol. The number of benzene rings is 1. The Morgan fingerprint density at radius 2 is 1.80 bits per heavy atom. The first-order valence-corrected chi connectivity index (χ1v) is 8.55. The van der Waals surface area contributed by atoms with Crippen LogP contribution in [0.2, 0.25) is 0 Å². The molecular formula is C15H26N2O2S. The third-order valence-corrected chi connectivity index (χ3v) is 5.27. The zero-order valence-corrected chi connectivity index (χ0v) is 13.9. The lowest BCUT2D eigenvalue weighted by atomic mass is 10.1. The van der Waals surface area contributed by atoms with Crippen LogP contribution in [0.4, 0.5) is 5.69 Å². The van der Waals surface area contributed by atoms with Gasteiger partial charge in [-0.2, -0.15) is 0 Å². The summed E-state index contributed by atoms with van der Waals surface area (Å²) >= 11 is 0. The molecule has 5 heteroatoms. The van der Waals surface area contributed by atoms with E-state index in [0.717, 1.165) is 17.5 Å². The van der Waals surface area contributed by atoms with E-state index in [1.165, 1.54) is 4.31 Å². The molecule has 0 aromatic heterocycles. The Morgan fingerprint density at radius 3 is 2.25 bits per heavy atom. The molecule has 0 fully saturated rings. The number of sulfonamides is 1.